The van der Waals surface area contributed by atoms with E-state index in [4.69, 9.17) is 16.6 Å². The molecule has 186 valence electrons. The maximum atomic E-state index is 14.5. The van der Waals surface area contributed by atoms with Crippen molar-refractivity contribution in [1.82, 2.24) is 0 Å². The summed E-state index contributed by atoms with van der Waals surface area (Å²) >= 11 is 6.49. The first-order chi connectivity index (χ1) is 18.4. The molecular weight excluding hydrogens is 492 g/mol. The first-order valence-electron chi connectivity index (χ1n) is 12.9. The van der Waals surface area contributed by atoms with Gasteiger partial charge in [0.25, 0.3) is 0 Å². The van der Waals surface area contributed by atoms with Gasteiger partial charge >= 0.3 is 0 Å². The average molecular weight is 517 g/mol. The van der Waals surface area contributed by atoms with Crippen molar-refractivity contribution in [3.05, 3.63) is 129 Å². The summed E-state index contributed by atoms with van der Waals surface area (Å²) in [6.45, 7) is 3.97. The summed E-state index contributed by atoms with van der Waals surface area (Å²) in [5, 5.41) is 0.536. The Balaban J connectivity index is 1.52. The van der Waals surface area contributed by atoms with Gasteiger partial charge in [0.1, 0.15) is 0 Å². The van der Waals surface area contributed by atoms with Gasteiger partial charge in [-0.05, 0) is 59.9 Å². The Morgan fingerprint density at radius 1 is 0.816 bits per heavy atom. The number of hydrogen-bond donors (Lipinski definition) is 0. The first kappa shape index (κ1) is 23.1. The van der Waals surface area contributed by atoms with Crippen LogP contribution in [0.2, 0.25) is 5.02 Å². The minimum Gasteiger partial charge on any atom is -0.274 e. The number of rotatable bonds is 3. The van der Waals surface area contributed by atoms with Crippen molar-refractivity contribution in [3.8, 4) is 0 Å². The highest BCUT2D eigenvalue weighted by molar-refractivity contribution is 6.33. The molecule has 0 aromatic heterocycles. The van der Waals surface area contributed by atoms with Gasteiger partial charge in [-0.1, -0.05) is 90.0 Å². The molecule has 4 aromatic rings. The number of hydrogen-bond acceptors (Lipinski definition) is 3. The van der Waals surface area contributed by atoms with Gasteiger partial charge in [0.2, 0.25) is 11.8 Å². The molecule has 0 radical (unpaired) electrons. The lowest BCUT2D eigenvalue weighted by atomic mass is 9.47. The molecule has 0 N–H and O–H groups in total. The molecule has 8 rings (SSSR count). The van der Waals surface area contributed by atoms with Crippen molar-refractivity contribution in [1.29, 1.82) is 0 Å². The number of halogens is 1. The highest BCUT2D eigenvalue weighted by Crippen LogP contribution is 2.64. The number of carbonyl (C=O) groups excluding carboxylic acids is 2. The maximum absolute atomic E-state index is 14.5. The second kappa shape index (κ2) is 8.24. The van der Waals surface area contributed by atoms with Crippen molar-refractivity contribution >= 4 is 41.0 Å². The number of aliphatic imine (C=N–C) groups is 1. The van der Waals surface area contributed by atoms with Crippen LogP contribution in [0, 0.1) is 25.7 Å². The second-order valence-corrected chi connectivity index (χ2v) is 10.9. The van der Waals surface area contributed by atoms with Gasteiger partial charge in [0, 0.05) is 12.1 Å². The van der Waals surface area contributed by atoms with Crippen LogP contribution in [0.25, 0.3) is 0 Å². The van der Waals surface area contributed by atoms with E-state index in [-0.39, 0.29) is 17.7 Å². The van der Waals surface area contributed by atoms with Crippen LogP contribution in [0.5, 0.6) is 0 Å². The molecule has 38 heavy (non-hydrogen) atoms. The van der Waals surface area contributed by atoms with Crippen molar-refractivity contribution in [3.63, 3.8) is 0 Å². The Hall–Kier alpha value is -4.02. The molecule has 3 aliphatic carbocycles. The van der Waals surface area contributed by atoms with E-state index in [1.807, 2.05) is 80.7 Å². The summed E-state index contributed by atoms with van der Waals surface area (Å²) in [7, 11) is 0. The van der Waals surface area contributed by atoms with Crippen LogP contribution in [-0.2, 0) is 15.0 Å². The van der Waals surface area contributed by atoms with Crippen molar-refractivity contribution in [2.24, 2.45) is 16.8 Å². The zero-order chi connectivity index (χ0) is 26.2. The highest BCUT2D eigenvalue weighted by Gasteiger charge is 2.68. The Morgan fingerprint density at radius 2 is 1.45 bits per heavy atom. The smallest absolute Gasteiger partial charge is 0.239 e. The average Bonchev–Trinajstić information content (AvgIpc) is 3.19. The molecule has 2 amide bonds. The van der Waals surface area contributed by atoms with E-state index in [1.54, 1.807) is 6.07 Å². The number of benzene rings is 4. The molecule has 4 aliphatic rings. The Morgan fingerprint density at radius 3 is 2.11 bits per heavy atom. The van der Waals surface area contributed by atoms with Crippen LogP contribution < -0.4 is 4.90 Å². The molecule has 0 unspecified atom stereocenters. The van der Waals surface area contributed by atoms with E-state index < -0.39 is 17.3 Å². The Kier molecular flexibility index (Phi) is 5.01. The number of aryl methyl sites for hydroxylation is 2. The van der Waals surface area contributed by atoms with Crippen LogP contribution in [-0.4, -0.2) is 18.0 Å². The van der Waals surface area contributed by atoms with E-state index in [1.165, 1.54) is 4.90 Å². The normalized spacial score (nSPS) is 25.0. The van der Waals surface area contributed by atoms with Crippen LogP contribution >= 0.6 is 11.6 Å². The molecule has 0 spiro atoms. The standard InChI is InChI=1S/C33H25ClN2O2/c1-19-15-16-27(20(2)17-19)36-31(37)29-28-21-9-3-5-11-23(21)33(30(29)32(36)38,24-12-6-4-10-22(24)28)18-35-26-14-8-7-13-25(26)34/h3-18,28-30H,1-2H3/t28?,29-,30-,33?/m1/s1. The van der Waals surface area contributed by atoms with E-state index in [0.29, 0.717) is 16.4 Å². The molecule has 1 heterocycles. The van der Waals surface area contributed by atoms with Crippen LogP contribution in [0.3, 0.4) is 0 Å². The quantitative estimate of drug-likeness (QED) is 0.219. The van der Waals surface area contributed by atoms with Crippen molar-refractivity contribution in [2.45, 2.75) is 25.2 Å². The van der Waals surface area contributed by atoms with E-state index in [9.17, 15) is 9.59 Å². The fraction of sp³-hybridized carbons (Fsp3) is 0.182. The lowest BCUT2D eigenvalue weighted by molar-refractivity contribution is -0.122. The molecule has 2 atom stereocenters. The number of anilines is 1. The highest BCUT2D eigenvalue weighted by atomic mass is 35.5. The maximum Gasteiger partial charge on any atom is 0.239 e. The molecule has 0 saturated carbocycles. The summed E-state index contributed by atoms with van der Waals surface area (Å²) in [5.41, 5.74) is 6.61. The second-order valence-electron chi connectivity index (χ2n) is 10.5. The Labute approximate surface area is 226 Å². The Bertz CT molecular complexity index is 1640. The van der Waals surface area contributed by atoms with Crippen LogP contribution in [0.1, 0.15) is 39.3 Å². The molecular formula is C33H25ClN2O2. The van der Waals surface area contributed by atoms with Gasteiger partial charge in [-0.2, -0.15) is 0 Å². The predicted molar refractivity (Wildman–Crippen MR) is 150 cm³/mol. The summed E-state index contributed by atoms with van der Waals surface area (Å²) in [4.78, 5) is 35.1. The van der Waals surface area contributed by atoms with E-state index in [2.05, 4.69) is 24.3 Å². The largest absolute Gasteiger partial charge is 0.274 e. The summed E-state index contributed by atoms with van der Waals surface area (Å²) in [6.07, 6.45) is 1.88. The minimum absolute atomic E-state index is 0.142. The summed E-state index contributed by atoms with van der Waals surface area (Å²) < 4.78 is 0. The molecule has 2 bridgehead atoms. The molecule has 1 fully saturated rings. The monoisotopic (exact) mass is 516 g/mol. The molecule has 1 saturated heterocycles. The van der Waals surface area contributed by atoms with Gasteiger partial charge < -0.3 is 0 Å². The van der Waals surface area contributed by atoms with Gasteiger partial charge in [-0.3, -0.25) is 14.6 Å². The third-order valence-corrected chi connectivity index (χ3v) is 8.86. The van der Waals surface area contributed by atoms with Crippen molar-refractivity contribution in [2.75, 3.05) is 4.90 Å². The fourth-order valence-corrected chi connectivity index (χ4v) is 7.26. The van der Waals surface area contributed by atoms with E-state index >= 15 is 0 Å². The predicted octanol–water partition coefficient (Wildman–Crippen LogP) is 6.91. The molecule has 4 aromatic carbocycles. The molecule has 4 nitrogen and oxygen atoms in total. The summed E-state index contributed by atoms with van der Waals surface area (Å²) in [6, 6.07) is 29.7. The third kappa shape index (κ3) is 2.95. The van der Waals surface area contributed by atoms with E-state index in [0.717, 1.165) is 33.4 Å². The fourth-order valence-electron chi connectivity index (χ4n) is 7.07. The minimum atomic E-state index is -0.911. The zero-order valence-corrected chi connectivity index (χ0v) is 21.8. The van der Waals surface area contributed by atoms with Crippen molar-refractivity contribution < 1.29 is 9.59 Å². The van der Waals surface area contributed by atoms with Gasteiger partial charge in [-0.25, -0.2) is 4.90 Å². The van der Waals surface area contributed by atoms with Gasteiger partial charge in [0.15, 0.2) is 0 Å². The SMILES string of the molecule is Cc1ccc(N2C(=O)[C@@H]3C4c5ccccc5C(C=Nc5ccccc5Cl)(c5ccccc54)[C@H]3C2=O)c(C)c1. The summed E-state index contributed by atoms with van der Waals surface area (Å²) in [5.74, 6) is -1.65. The molecule has 1 aliphatic heterocycles. The first-order valence-corrected chi connectivity index (χ1v) is 13.2. The number of amides is 2. The number of para-hydroxylation sites is 1. The zero-order valence-electron chi connectivity index (χ0n) is 21.1. The lowest BCUT2D eigenvalue weighted by Crippen LogP contribution is -2.54. The van der Waals surface area contributed by atoms with Crippen LogP contribution in [0.15, 0.2) is 96.0 Å². The lowest BCUT2D eigenvalue weighted by Gasteiger charge is -2.52. The van der Waals surface area contributed by atoms with Crippen LogP contribution in [0.4, 0.5) is 11.4 Å². The van der Waals surface area contributed by atoms with Gasteiger partial charge in [-0.15, -0.1) is 0 Å². The molecule has 5 heteroatoms. The number of carbonyl (C=O) groups is 2. The van der Waals surface area contributed by atoms with Gasteiger partial charge in [0.05, 0.1) is 33.6 Å². The number of imide groups is 1. The topological polar surface area (TPSA) is 49.7 Å². The third-order valence-electron chi connectivity index (χ3n) is 8.54. The number of nitrogens with zero attached hydrogens (tertiary/aromatic N) is 2.